The number of Topliss-reactive ketones (excluding diaryl/α,β-unsaturated/α-hetero) is 1. The average molecular weight is 285 g/mol. The first-order valence-corrected chi connectivity index (χ1v) is 6.91. The zero-order valence-electron chi connectivity index (χ0n) is 10.7. The number of hydrogen-bond acceptors (Lipinski definition) is 4. The van der Waals surface area contributed by atoms with E-state index in [-0.39, 0.29) is 17.4 Å². The predicted molar refractivity (Wildman–Crippen MR) is 78.0 cm³/mol. The summed E-state index contributed by atoms with van der Waals surface area (Å²) in [6, 6.07) is 8.81. The van der Waals surface area contributed by atoms with E-state index in [4.69, 9.17) is 4.74 Å². The summed E-state index contributed by atoms with van der Waals surface area (Å²) in [5, 5.41) is 4.67. The Kier molecular flexibility index (Phi) is 3.12. The quantitative estimate of drug-likeness (QED) is 0.680. The molecule has 1 aromatic carbocycles. The molecule has 20 heavy (non-hydrogen) atoms. The summed E-state index contributed by atoms with van der Waals surface area (Å²) in [5.74, 6) is 0.418. The molecule has 0 fully saturated rings. The second-order valence-electron chi connectivity index (χ2n) is 4.35. The third-order valence-corrected chi connectivity index (χ3v) is 3.71. The van der Waals surface area contributed by atoms with Crippen LogP contribution in [0.4, 0.5) is 5.69 Å². The number of ether oxygens (including phenoxy) is 1. The van der Waals surface area contributed by atoms with Crippen molar-refractivity contribution in [2.24, 2.45) is 0 Å². The highest BCUT2D eigenvalue weighted by Crippen LogP contribution is 2.32. The van der Waals surface area contributed by atoms with E-state index in [1.165, 1.54) is 18.3 Å². The fourth-order valence-electron chi connectivity index (χ4n) is 1.88. The van der Waals surface area contributed by atoms with Gasteiger partial charge in [-0.15, -0.1) is 11.3 Å². The van der Waals surface area contributed by atoms with Crippen molar-refractivity contribution in [1.29, 1.82) is 0 Å². The van der Waals surface area contributed by atoms with E-state index in [2.05, 4.69) is 5.32 Å². The van der Waals surface area contributed by atoms with Crippen molar-refractivity contribution in [2.75, 3.05) is 5.32 Å². The zero-order valence-corrected chi connectivity index (χ0v) is 11.5. The van der Waals surface area contributed by atoms with Gasteiger partial charge in [0.15, 0.2) is 17.3 Å². The summed E-state index contributed by atoms with van der Waals surface area (Å²) in [6.07, 6.45) is 1.70. The highest BCUT2D eigenvalue weighted by atomic mass is 32.1. The van der Waals surface area contributed by atoms with Crippen LogP contribution >= 0.6 is 11.3 Å². The monoisotopic (exact) mass is 285 g/mol. The number of amides is 1. The number of benzene rings is 1. The molecule has 1 N–H and O–H groups in total. The molecule has 0 spiro atoms. The SMILES string of the molecule is CC(=O)c1ccc2c(c1)NC(=O)/C(=C/c1cccs1)O2. The summed E-state index contributed by atoms with van der Waals surface area (Å²) >= 11 is 1.53. The number of ketones is 1. The Morgan fingerprint density at radius 1 is 1.35 bits per heavy atom. The molecule has 0 radical (unpaired) electrons. The molecule has 1 aliphatic heterocycles. The minimum atomic E-state index is -0.313. The van der Waals surface area contributed by atoms with E-state index in [1.807, 2.05) is 17.5 Å². The van der Waals surface area contributed by atoms with Crippen LogP contribution in [-0.2, 0) is 4.79 Å². The predicted octanol–water partition coefficient (Wildman–Crippen LogP) is 3.32. The highest BCUT2D eigenvalue weighted by Gasteiger charge is 2.22. The number of thiophene rings is 1. The molecule has 1 amide bonds. The van der Waals surface area contributed by atoms with Crippen LogP contribution in [0.2, 0.25) is 0 Å². The third kappa shape index (κ3) is 2.35. The van der Waals surface area contributed by atoms with Crippen molar-refractivity contribution in [3.63, 3.8) is 0 Å². The molecule has 2 aromatic rings. The lowest BCUT2D eigenvalue weighted by atomic mass is 10.1. The summed E-state index contributed by atoms with van der Waals surface area (Å²) in [4.78, 5) is 24.2. The lowest BCUT2D eigenvalue weighted by molar-refractivity contribution is -0.115. The van der Waals surface area contributed by atoms with Crippen LogP contribution in [0.5, 0.6) is 5.75 Å². The molecule has 100 valence electrons. The summed E-state index contributed by atoms with van der Waals surface area (Å²) < 4.78 is 5.60. The fraction of sp³-hybridized carbons (Fsp3) is 0.0667. The maximum absolute atomic E-state index is 12.0. The Bertz CT molecular complexity index is 717. The van der Waals surface area contributed by atoms with Crippen molar-refractivity contribution in [2.45, 2.75) is 6.92 Å². The Morgan fingerprint density at radius 2 is 2.20 bits per heavy atom. The standard InChI is InChI=1S/C15H11NO3S/c1-9(17)10-4-5-13-12(7-10)16-15(18)14(19-13)8-11-3-2-6-20-11/h2-8H,1H3,(H,16,18)/b14-8-. The van der Waals surface area contributed by atoms with E-state index in [1.54, 1.807) is 24.3 Å². The van der Waals surface area contributed by atoms with Crippen molar-refractivity contribution >= 4 is 34.8 Å². The van der Waals surface area contributed by atoms with Gasteiger partial charge in [-0.2, -0.15) is 0 Å². The molecule has 4 nitrogen and oxygen atoms in total. The first-order valence-electron chi connectivity index (χ1n) is 6.03. The molecular weight excluding hydrogens is 274 g/mol. The Balaban J connectivity index is 1.95. The Hall–Kier alpha value is -2.40. The van der Waals surface area contributed by atoms with Crippen LogP contribution in [0.1, 0.15) is 22.2 Å². The van der Waals surface area contributed by atoms with Crippen LogP contribution < -0.4 is 10.1 Å². The van der Waals surface area contributed by atoms with Crippen LogP contribution in [0.25, 0.3) is 6.08 Å². The summed E-state index contributed by atoms with van der Waals surface area (Å²) in [5.41, 5.74) is 1.06. The first-order chi connectivity index (χ1) is 9.63. The molecule has 0 bridgehead atoms. The second-order valence-corrected chi connectivity index (χ2v) is 5.33. The topological polar surface area (TPSA) is 55.4 Å². The van der Waals surface area contributed by atoms with Gasteiger partial charge >= 0.3 is 0 Å². The minimum absolute atomic E-state index is 0.0537. The van der Waals surface area contributed by atoms with Gasteiger partial charge in [-0.1, -0.05) is 6.07 Å². The number of nitrogens with one attached hydrogen (secondary N) is 1. The number of carbonyl (C=O) groups is 2. The second kappa shape index (κ2) is 4.94. The molecule has 5 heteroatoms. The molecule has 3 rings (SSSR count). The van der Waals surface area contributed by atoms with E-state index in [0.717, 1.165) is 4.88 Å². The minimum Gasteiger partial charge on any atom is -0.449 e. The van der Waals surface area contributed by atoms with E-state index in [0.29, 0.717) is 17.0 Å². The van der Waals surface area contributed by atoms with Crippen LogP contribution in [0.15, 0.2) is 41.5 Å². The normalized spacial score (nSPS) is 15.4. The van der Waals surface area contributed by atoms with Gasteiger partial charge in [0, 0.05) is 16.5 Å². The molecule has 0 atom stereocenters. The number of carbonyl (C=O) groups excluding carboxylic acids is 2. The van der Waals surface area contributed by atoms with Crippen LogP contribution in [-0.4, -0.2) is 11.7 Å². The van der Waals surface area contributed by atoms with Gasteiger partial charge in [-0.25, -0.2) is 0 Å². The lowest BCUT2D eigenvalue weighted by Gasteiger charge is -2.20. The maximum Gasteiger partial charge on any atom is 0.291 e. The third-order valence-electron chi connectivity index (χ3n) is 2.89. The van der Waals surface area contributed by atoms with E-state index in [9.17, 15) is 9.59 Å². The number of hydrogen-bond donors (Lipinski definition) is 1. The molecule has 0 saturated carbocycles. The molecule has 0 unspecified atom stereocenters. The van der Waals surface area contributed by atoms with Crippen LogP contribution in [0, 0.1) is 0 Å². The first kappa shape index (κ1) is 12.6. The molecular formula is C15H11NO3S. The van der Waals surface area contributed by atoms with Gasteiger partial charge in [0.05, 0.1) is 5.69 Å². The summed E-state index contributed by atoms with van der Waals surface area (Å²) in [7, 11) is 0. The molecule has 0 aliphatic carbocycles. The summed E-state index contributed by atoms with van der Waals surface area (Å²) in [6.45, 7) is 1.48. The van der Waals surface area contributed by atoms with E-state index >= 15 is 0 Å². The Morgan fingerprint density at radius 3 is 2.90 bits per heavy atom. The van der Waals surface area contributed by atoms with Crippen LogP contribution in [0.3, 0.4) is 0 Å². The Labute approximate surface area is 119 Å². The van der Waals surface area contributed by atoms with Gasteiger partial charge in [0.25, 0.3) is 5.91 Å². The molecule has 1 aromatic heterocycles. The highest BCUT2D eigenvalue weighted by molar-refractivity contribution is 7.10. The number of anilines is 1. The van der Waals surface area contributed by atoms with Gasteiger partial charge in [-0.3, -0.25) is 9.59 Å². The van der Waals surface area contributed by atoms with Crippen molar-refractivity contribution in [3.05, 3.63) is 51.9 Å². The largest absolute Gasteiger partial charge is 0.449 e. The van der Waals surface area contributed by atoms with Crippen molar-refractivity contribution < 1.29 is 14.3 Å². The van der Waals surface area contributed by atoms with E-state index < -0.39 is 0 Å². The fourth-order valence-corrected chi connectivity index (χ4v) is 2.53. The smallest absolute Gasteiger partial charge is 0.291 e. The zero-order chi connectivity index (χ0) is 14.1. The molecule has 0 saturated heterocycles. The van der Waals surface area contributed by atoms with Gasteiger partial charge < -0.3 is 10.1 Å². The van der Waals surface area contributed by atoms with Gasteiger partial charge in [0.2, 0.25) is 0 Å². The van der Waals surface area contributed by atoms with Gasteiger partial charge in [-0.05, 0) is 36.6 Å². The lowest BCUT2D eigenvalue weighted by Crippen LogP contribution is -2.23. The van der Waals surface area contributed by atoms with Crippen molar-refractivity contribution in [1.82, 2.24) is 0 Å². The molecule has 2 heterocycles. The van der Waals surface area contributed by atoms with Crippen molar-refractivity contribution in [3.8, 4) is 5.75 Å². The number of fused-ring (bicyclic) bond motifs is 1. The van der Waals surface area contributed by atoms with Gasteiger partial charge in [0.1, 0.15) is 0 Å². The number of rotatable bonds is 2. The average Bonchev–Trinajstić information content (AvgIpc) is 2.92. The maximum atomic E-state index is 12.0. The molecule has 1 aliphatic rings.